The van der Waals surface area contributed by atoms with Gasteiger partial charge in [-0.2, -0.15) is 0 Å². The molecule has 19 heavy (non-hydrogen) atoms. The fourth-order valence-corrected chi connectivity index (χ4v) is 2.63. The van der Waals surface area contributed by atoms with Crippen LogP contribution in [-0.4, -0.2) is 49.7 Å². The lowest BCUT2D eigenvalue weighted by molar-refractivity contribution is 0.314. The van der Waals surface area contributed by atoms with Crippen LogP contribution in [0.5, 0.6) is 0 Å². The Morgan fingerprint density at radius 1 is 1.47 bits per heavy atom. The van der Waals surface area contributed by atoms with Crippen LogP contribution in [0.3, 0.4) is 0 Å². The van der Waals surface area contributed by atoms with Gasteiger partial charge in [0.1, 0.15) is 0 Å². The molecular weight excluding hydrogens is 236 g/mol. The standard InChI is InChI=1S/C15H26N4/c1-4-7-17-13-9-15(11-16-10-13)19(3)12-14-6-5-8-18(14)2/h9-11,14,17H,4-8,12H2,1-3H3. The lowest BCUT2D eigenvalue weighted by Crippen LogP contribution is -2.36. The highest BCUT2D eigenvalue weighted by Gasteiger charge is 2.22. The number of hydrogen-bond donors (Lipinski definition) is 1. The normalized spacial score (nSPS) is 19.6. The van der Waals surface area contributed by atoms with E-state index in [-0.39, 0.29) is 0 Å². The van der Waals surface area contributed by atoms with Gasteiger partial charge in [0.25, 0.3) is 0 Å². The SMILES string of the molecule is CCCNc1cncc(N(C)CC2CCCN2C)c1. The first-order valence-corrected chi connectivity index (χ1v) is 7.31. The molecule has 0 aromatic carbocycles. The van der Waals surface area contributed by atoms with Crippen molar-refractivity contribution in [2.24, 2.45) is 0 Å². The van der Waals surface area contributed by atoms with Crippen molar-refractivity contribution in [3.8, 4) is 0 Å². The van der Waals surface area contributed by atoms with Crippen LogP contribution >= 0.6 is 0 Å². The van der Waals surface area contributed by atoms with Crippen molar-refractivity contribution in [2.45, 2.75) is 32.2 Å². The van der Waals surface area contributed by atoms with Gasteiger partial charge in [0.05, 0.1) is 23.8 Å². The molecule has 106 valence electrons. The Morgan fingerprint density at radius 3 is 3.00 bits per heavy atom. The van der Waals surface area contributed by atoms with Crippen LogP contribution in [0.1, 0.15) is 26.2 Å². The Hall–Kier alpha value is -1.29. The van der Waals surface area contributed by atoms with Crippen molar-refractivity contribution in [3.05, 3.63) is 18.5 Å². The van der Waals surface area contributed by atoms with Gasteiger partial charge in [0.2, 0.25) is 0 Å². The smallest absolute Gasteiger partial charge is 0.0571 e. The first-order valence-electron chi connectivity index (χ1n) is 7.31. The third-order valence-corrected chi connectivity index (χ3v) is 3.90. The van der Waals surface area contributed by atoms with Crippen molar-refractivity contribution < 1.29 is 0 Å². The second kappa shape index (κ2) is 6.75. The van der Waals surface area contributed by atoms with E-state index < -0.39 is 0 Å². The summed E-state index contributed by atoms with van der Waals surface area (Å²) in [4.78, 5) is 9.11. The van der Waals surface area contributed by atoms with Gasteiger partial charge in [-0.05, 0) is 38.9 Å². The average Bonchev–Trinajstić information content (AvgIpc) is 2.82. The highest BCUT2D eigenvalue weighted by atomic mass is 15.2. The van der Waals surface area contributed by atoms with Crippen LogP contribution in [0.2, 0.25) is 0 Å². The summed E-state index contributed by atoms with van der Waals surface area (Å²) in [6.07, 6.45) is 7.61. The Labute approximate surface area is 116 Å². The molecule has 2 heterocycles. The second-order valence-electron chi connectivity index (χ2n) is 5.52. The molecule has 1 unspecified atom stereocenters. The number of likely N-dealkylation sites (tertiary alicyclic amines) is 1. The van der Waals surface area contributed by atoms with Gasteiger partial charge in [-0.15, -0.1) is 0 Å². The Balaban J connectivity index is 1.96. The molecule has 0 aliphatic carbocycles. The highest BCUT2D eigenvalue weighted by molar-refractivity contribution is 5.55. The molecule has 1 saturated heterocycles. The molecule has 0 amide bonds. The Morgan fingerprint density at radius 2 is 2.32 bits per heavy atom. The van der Waals surface area contributed by atoms with Gasteiger partial charge < -0.3 is 15.1 Å². The summed E-state index contributed by atoms with van der Waals surface area (Å²) < 4.78 is 0. The van der Waals surface area contributed by atoms with Crippen LogP contribution in [0.25, 0.3) is 0 Å². The number of nitrogens with one attached hydrogen (secondary N) is 1. The summed E-state index contributed by atoms with van der Waals surface area (Å²) >= 11 is 0. The molecule has 1 aliphatic rings. The molecule has 4 nitrogen and oxygen atoms in total. The Kier molecular flexibility index (Phi) is 5.02. The molecule has 2 rings (SSSR count). The minimum Gasteiger partial charge on any atom is -0.384 e. The van der Waals surface area contributed by atoms with Gasteiger partial charge >= 0.3 is 0 Å². The molecule has 1 aromatic rings. The summed E-state index contributed by atoms with van der Waals surface area (Å²) in [5.41, 5.74) is 2.31. The van der Waals surface area contributed by atoms with Crippen LogP contribution in [-0.2, 0) is 0 Å². The maximum atomic E-state index is 4.33. The molecule has 0 saturated carbocycles. The third kappa shape index (κ3) is 3.83. The van der Waals surface area contributed by atoms with Crippen molar-refractivity contribution in [1.82, 2.24) is 9.88 Å². The average molecular weight is 262 g/mol. The molecule has 1 N–H and O–H groups in total. The summed E-state index contributed by atoms with van der Waals surface area (Å²) in [5.74, 6) is 0. The lowest BCUT2D eigenvalue weighted by Gasteiger charge is -2.27. The summed E-state index contributed by atoms with van der Waals surface area (Å²) in [6, 6.07) is 2.87. The molecule has 1 fully saturated rings. The zero-order valence-electron chi connectivity index (χ0n) is 12.4. The van der Waals surface area contributed by atoms with E-state index in [0.717, 1.165) is 25.2 Å². The number of pyridine rings is 1. The minimum absolute atomic E-state index is 0.678. The van der Waals surface area contributed by atoms with Crippen LogP contribution in [0, 0.1) is 0 Å². The quantitative estimate of drug-likeness (QED) is 0.853. The lowest BCUT2D eigenvalue weighted by atomic mass is 10.2. The fourth-order valence-electron chi connectivity index (χ4n) is 2.63. The van der Waals surface area contributed by atoms with Gasteiger partial charge in [-0.1, -0.05) is 6.92 Å². The second-order valence-corrected chi connectivity index (χ2v) is 5.52. The van der Waals surface area contributed by atoms with Crippen LogP contribution < -0.4 is 10.2 Å². The van der Waals surface area contributed by atoms with Crippen LogP contribution in [0.4, 0.5) is 11.4 Å². The van der Waals surface area contributed by atoms with Crippen molar-refractivity contribution in [2.75, 3.05) is 43.9 Å². The molecular formula is C15H26N4. The van der Waals surface area contributed by atoms with E-state index in [2.05, 4.69) is 47.2 Å². The highest BCUT2D eigenvalue weighted by Crippen LogP contribution is 2.20. The first-order chi connectivity index (χ1) is 9.20. The zero-order chi connectivity index (χ0) is 13.7. The number of anilines is 2. The fraction of sp³-hybridized carbons (Fsp3) is 0.667. The minimum atomic E-state index is 0.678. The molecule has 1 atom stereocenters. The van der Waals surface area contributed by atoms with Crippen molar-refractivity contribution in [1.29, 1.82) is 0 Å². The van der Waals surface area contributed by atoms with E-state index in [9.17, 15) is 0 Å². The van der Waals surface area contributed by atoms with Gasteiger partial charge in [-0.3, -0.25) is 4.98 Å². The van der Waals surface area contributed by atoms with Crippen molar-refractivity contribution >= 4 is 11.4 Å². The number of aromatic nitrogens is 1. The molecule has 0 radical (unpaired) electrons. The first kappa shape index (κ1) is 14.1. The third-order valence-electron chi connectivity index (χ3n) is 3.90. The van der Waals surface area contributed by atoms with E-state index in [0.29, 0.717) is 6.04 Å². The molecule has 4 heteroatoms. The maximum absolute atomic E-state index is 4.33. The van der Waals surface area contributed by atoms with E-state index in [1.165, 1.54) is 25.1 Å². The van der Waals surface area contributed by atoms with Crippen molar-refractivity contribution in [3.63, 3.8) is 0 Å². The van der Waals surface area contributed by atoms with E-state index in [4.69, 9.17) is 0 Å². The number of nitrogens with zero attached hydrogens (tertiary/aromatic N) is 3. The molecule has 0 spiro atoms. The monoisotopic (exact) mass is 262 g/mol. The summed E-state index contributed by atoms with van der Waals surface area (Å²) in [5, 5.41) is 3.39. The summed E-state index contributed by atoms with van der Waals surface area (Å²) in [7, 11) is 4.38. The van der Waals surface area contributed by atoms with E-state index in [1.807, 2.05) is 12.4 Å². The molecule has 1 aromatic heterocycles. The topological polar surface area (TPSA) is 31.4 Å². The predicted octanol–water partition coefficient (Wildman–Crippen LogP) is 2.43. The van der Waals surface area contributed by atoms with Crippen LogP contribution in [0.15, 0.2) is 18.5 Å². The zero-order valence-corrected chi connectivity index (χ0v) is 12.4. The predicted molar refractivity (Wildman–Crippen MR) is 81.9 cm³/mol. The van der Waals surface area contributed by atoms with E-state index in [1.54, 1.807) is 0 Å². The van der Waals surface area contributed by atoms with Gasteiger partial charge in [0, 0.05) is 26.2 Å². The molecule has 0 bridgehead atoms. The number of likely N-dealkylation sites (N-methyl/N-ethyl adjacent to an activating group) is 2. The number of hydrogen-bond acceptors (Lipinski definition) is 4. The molecule has 1 aliphatic heterocycles. The Bertz CT molecular complexity index is 393. The van der Waals surface area contributed by atoms with E-state index >= 15 is 0 Å². The van der Waals surface area contributed by atoms with Gasteiger partial charge in [0.15, 0.2) is 0 Å². The maximum Gasteiger partial charge on any atom is 0.0571 e. The summed E-state index contributed by atoms with van der Waals surface area (Å²) in [6.45, 7) is 5.48. The number of rotatable bonds is 6. The van der Waals surface area contributed by atoms with Gasteiger partial charge in [-0.25, -0.2) is 0 Å². The largest absolute Gasteiger partial charge is 0.384 e.